The van der Waals surface area contributed by atoms with Gasteiger partial charge in [0.05, 0.1) is 24.1 Å². The Morgan fingerprint density at radius 3 is 2.59 bits per heavy atom. The molecule has 3 atom stereocenters. The van der Waals surface area contributed by atoms with Crippen molar-refractivity contribution >= 4 is 5.69 Å². The maximum absolute atomic E-state index is 9.79. The monoisotopic (exact) mass is 307 g/mol. The van der Waals surface area contributed by atoms with Crippen LogP contribution in [0, 0.1) is 12.8 Å². The zero-order valence-electron chi connectivity index (χ0n) is 13.0. The number of aliphatic hydroxyl groups is 3. The van der Waals surface area contributed by atoms with Crippen LogP contribution in [0.1, 0.15) is 12.0 Å². The largest absolute Gasteiger partial charge is 0.389 e. The van der Waals surface area contributed by atoms with Crippen LogP contribution in [0.5, 0.6) is 0 Å². The molecule has 0 amide bonds. The first-order valence-corrected chi connectivity index (χ1v) is 7.96. The van der Waals surface area contributed by atoms with Crippen LogP contribution in [0.25, 0.3) is 0 Å². The molecule has 0 aromatic carbocycles. The van der Waals surface area contributed by atoms with Crippen molar-refractivity contribution in [1.29, 1.82) is 0 Å². The number of pyridine rings is 1. The van der Waals surface area contributed by atoms with Crippen molar-refractivity contribution < 1.29 is 15.3 Å². The van der Waals surface area contributed by atoms with Gasteiger partial charge in [0.1, 0.15) is 6.10 Å². The van der Waals surface area contributed by atoms with E-state index >= 15 is 0 Å². The summed E-state index contributed by atoms with van der Waals surface area (Å²) in [6.07, 6.45) is 2.09. The molecule has 3 heterocycles. The van der Waals surface area contributed by atoms with Crippen LogP contribution in [-0.2, 0) is 0 Å². The number of β-amino-alcohol motifs (C(OH)–C–C–N with tert-alkyl or cyclic N) is 2. The van der Waals surface area contributed by atoms with Crippen molar-refractivity contribution in [2.75, 3.05) is 37.6 Å². The zero-order valence-corrected chi connectivity index (χ0v) is 13.0. The summed E-state index contributed by atoms with van der Waals surface area (Å²) in [5.41, 5.74) is 2.43. The van der Waals surface area contributed by atoms with E-state index in [4.69, 9.17) is 0 Å². The molecule has 0 radical (unpaired) electrons. The normalized spacial score (nSPS) is 33.4. The number of hydrogen-bond donors (Lipinski definition) is 3. The van der Waals surface area contributed by atoms with Crippen molar-refractivity contribution in [3.8, 4) is 0 Å². The third-order valence-electron chi connectivity index (χ3n) is 4.83. The van der Waals surface area contributed by atoms with Gasteiger partial charge in [0.15, 0.2) is 0 Å². The average Bonchev–Trinajstić information content (AvgIpc) is 2.93. The molecule has 2 fully saturated rings. The summed E-state index contributed by atoms with van der Waals surface area (Å²) in [7, 11) is 0. The average molecular weight is 307 g/mol. The molecule has 3 N–H and O–H groups in total. The number of nitrogens with zero attached hydrogens (tertiary/aromatic N) is 3. The number of hydrogen-bond acceptors (Lipinski definition) is 6. The number of aryl methyl sites for hydroxylation is 1. The fraction of sp³-hybridized carbons (Fsp3) is 0.688. The first-order chi connectivity index (χ1) is 10.5. The minimum Gasteiger partial charge on any atom is -0.389 e. The van der Waals surface area contributed by atoms with Crippen LogP contribution in [-0.4, -0.2) is 76.2 Å². The molecule has 2 unspecified atom stereocenters. The van der Waals surface area contributed by atoms with Crippen LogP contribution in [0.15, 0.2) is 18.5 Å². The highest BCUT2D eigenvalue weighted by Gasteiger charge is 2.35. The second kappa shape index (κ2) is 6.50. The Hall–Kier alpha value is -1.21. The molecule has 2 aliphatic heterocycles. The lowest BCUT2D eigenvalue weighted by atomic mass is 10.00. The quantitative estimate of drug-likeness (QED) is 0.706. The van der Waals surface area contributed by atoms with Gasteiger partial charge in [0, 0.05) is 38.9 Å². The Kier molecular flexibility index (Phi) is 4.63. The summed E-state index contributed by atoms with van der Waals surface area (Å²) in [4.78, 5) is 8.63. The second-order valence-corrected chi connectivity index (χ2v) is 6.61. The molecule has 0 spiro atoms. The van der Waals surface area contributed by atoms with Crippen molar-refractivity contribution in [1.82, 2.24) is 9.88 Å². The molecule has 122 valence electrons. The minimum atomic E-state index is -1.02. The van der Waals surface area contributed by atoms with Gasteiger partial charge in [-0.05, 0) is 30.9 Å². The molecule has 0 aliphatic carbocycles. The first kappa shape index (κ1) is 15.7. The van der Waals surface area contributed by atoms with Crippen LogP contribution in [0.4, 0.5) is 5.69 Å². The van der Waals surface area contributed by atoms with E-state index in [9.17, 15) is 15.3 Å². The van der Waals surface area contributed by atoms with E-state index in [1.54, 1.807) is 0 Å². The number of likely N-dealkylation sites (tertiary alicyclic amines) is 1. The number of rotatable bonds is 3. The maximum Gasteiger partial charge on any atom is 0.108 e. The van der Waals surface area contributed by atoms with Crippen molar-refractivity contribution in [3.63, 3.8) is 0 Å². The standard InChI is InChI=1S/C16H25N3O3/c1-11-2-4-17-6-13(11)19-5-3-12(8-19)7-18-9-14(20)16(22)15(21)10-18/h2,4,6,12,14-16,20-22H,3,5,7-10H2,1H3/t12-,14?,15?,16?/m1/s1. The highest BCUT2D eigenvalue weighted by Crippen LogP contribution is 2.27. The van der Waals surface area contributed by atoms with Gasteiger partial charge < -0.3 is 20.2 Å². The van der Waals surface area contributed by atoms with E-state index in [1.807, 2.05) is 18.5 Å². The first-order valence-electron chi connectivity index (χ1n) is 7.96. The van der Waals surface area contributed by atoms with Crippen LogP contribution in [0.3, 0.4) is 0 Å². The van der Waals surface area contributed by atoms with Crippen molar-refractivity contribution in [2.45, 2.75) is 31.7 Å². The molecule has 6 nitrogen and oxygen atoms in total. The topological polar surface area (TPSA) is 80.1 Å². The second-order valence-electron chi connectivity index (χ2n) is 6.61. The highest BCUT2D eigenvalue weighted by molar-refractivity contribution is 5.51. The molecule has 3 rings (SSSR count). The highest BCUT2D eigenvalue weighted by atomic mass is 16.4. The van der Waals surface area contributed by atoms with E-state index in [0.717, 1.165) is 26.1 Å². The fourth-order valence-corrected chi connectivity index (χ4v) is 3.58. The van der Waals surface area contributed by atoms with Crippen molar-refractivity contribution in [2.24, 2.45) is 5.92 Å². The third-order valence-corrected chi connectivity index (χ3v) is 4.83. The summed E-state index contributed by atoms with van der Waals surface area (Å²) in [5.74, 6) is 0.509. The van der Waals surface area contributed by atoms with Gasteiger partial charge in [-0.2, -0.15) is 0 Å². The van der Waals surface area contributed by atoms with Crippen molar-refractivity contribution in [3.05, 3.63) is 24.0 Å². The van der Waals surface area contributed by atoms with E-state index in [2.05, 4.69) is 21.7 Å². The van der Waals surface area contributed by atoms with Gasteiger partial charge in [0.2, 0.25) is 0 Å². The SMILES string of the molecule is Cc1ccncc1N1CC[C@H](CN2CC(O)C(O)C(O)C2)C1. The predicted molar refractivity (Wildman–Crippen MR) is 83.8 cm³/mol. The van der Waals surface area contributed by atoms with E-state index in [0.29, 0.717) is 19.0 Å². The number of aromatic nitrogens is 1. The summed E-state index contributed by atoms with van der Waals surface area (Å²) in [6, 6.07) is 2.03. The van der Waals surface area contributed by atoms with E-state index in [1.165, 1.54) is 11.3 Å². The van der Waals surface area contributed by atoms with Crippen LogP contribution >= 0.6 is 0 Å². The minimum absolute atomic E-state index is 0.431. The molecule has 6 heteroatoms. The van der Waals surface area contributed by atoms with E-state index in [-0.39, 0.29) is 0 Å². The molecular weight excluding hydrogens is 282 g/mol. The fourth-order valence-electron chi connectivity index (χ4n) is 3.58. The molecule has 22 heavy (non-hydrogen) atoms. The van der Waals surface area contributed by atoms with Crippen LogP contribution < -0.4 is 4.90 Å². The summed E-state index contributed by atoms with van der Waals surface area (Å²) >= 11 is 0. The lowest BCUT2D eigenvalue weighted by Gasteiger charge is -2.38. The molecule has 0 saturated carbocycles. The Balaban J connectivity index is 1.56. The number of aliphatic hydroxyl groups excluding tert-OH is 3. The molecule has 1 aromatic heterocycles. The molecule has 2 aliphatic rings. The lowest BCUT2D eigenvalue weighted by molar-refractivity contribution is -0.111. The van der Waals surface area contributed by atoms with Gasteiger partial charge in [-0.25, -0.2) is 0 Å². The summed E-state index contributed by atoms with van der Waals surface area (Å²) in [6.45, 7) is 5.79. The smallest absolute Gasteiger partial charge is 0.108 e. The molecule has 2 saturated heterocycles. The number of piperidine rings is 1. The molecular formula is C16H25N3O3. The molecule has 0 bridgehead atoms. The van der Waals surface area contributed by atoms with Gasteiger partial charge in [-0.3, -0.25) is 9.88 Å². The Labute approximate surface area is 131 Å². The summed E-state index contributed by atoms with van der Waals surface area (Å²) in [5, 5.41) is 29.2. The predicted octanol–water partition coefficient (Wildman–Crippen LogP) is -0.385. The van der Waals surface area contributed by atoms with Gasteiger partial charge in [-0.1, -0.05) is 0 Å². The Morgan fingerprint density at radius 1 is 1.18 bits per heavy atom. The zero-order chi connectivity index (χ0) is 15.7. The number of anilines is 1. The third kappa shape index (κ3) is 3.25. The van der Waals surface area contributed by atoms with Crippen LogP contribution in [0.2, 0.25) is 0 Å². The van der Waals surface area contributed by atoms with E-state index < -0.39 is 18.3 Å². The van der Waals surface area contributed by atoms with Gasteiger partial charge in [-0.15, -0.1) is 0 Å². The lowest BCUT2D eigenvalue weighted by Crippen LogP contribution is -2.56. The molecule has 1 aromatic rings. The van der Waals surface area contributed by atoms with Gasteiger partial charge in [0.25, 0.3) is 0 Å². The Bertz CT molecular complexity index is 501. The summed E-state index contributed by atoms with van der Waals surface area (Å²) < 4.78 is 0. The Morgan fingerprint density at radius 2 is 1.91 bits per heavy atom. The van der Waals surface area contributed by atoms with Gasteiger partial charge >= 0.3 is 0 Å². The maximum atomic E-state index is 9.79.